The van der Waals surface area contributed by atoms with Crippen molar-refractivity contribution in [2.24, 2.45) is 5.92 Å². The van der Waals surface area contributed by atoms with Gasteiger partial charge in [0, 0.05) is 17.5 Å². The molecule has 0 spiro atoms. The second kappa shape index (κ2) is 6.30. The molecule has 1 aromatic carbocycles. The van der Waals surface area contributed by atoms with Crippen LogP contribution in [0.1, 0.15) is 44.5 Å². The Hall–Kier alpha value is -1.20. The molecule has 106 valence electrons. The molecule has 0 aromatic heterocycles. The minimum atomic E-state index is -3.50. The second-order valence-electron chi connectivity index (χ2n) is 4.97. The van der Waals surface area contributed by atoms with E-state index in [1.54, 1.807) is 12.1 Å². The first-order valence-electron chi connectivity index (χ1n) is 6.44. The van der Waals surface area contributed by atoms with Gasteiger partial charge in [0.15, 0.2) is 5.78 Å². The average Bonchev–Trinajstić information content (AvgIpc) is 2.37. The van der Waals surface area contributed by atoms with Crippen LogP contribution < -0.4 is 4.72 Å². The van der Waals surface area contributed by atoms with Gasteiger partial charge in [-0.25, -0.2) is 13.1 Å². The van der Waals surface area contributed by atoms with Gasteiger partial charge in [-0.2, -0.15) is 0 Å². The minimum Gasteiger partial charge on any atom is -0.294 e. The predicted octanol–water partition coefficient (Wildman–Crippen LogP) is 2.60. The van der Waals surface area contributed by atoms with Gasteiger partial charge in [-0.05, 0) is 25.5 Å². The predicted molar refractivity (Wildman–Crippen MR) is 75.7 cm³/mol. The van der Waals surface area contributed by atoms with Crippen molar-refractivity contribution in [2.75, 3.05) is 0 Å². The highest BCUT2D eigenvalue weighted by atomic mass is 32.2. The first kappa shape index (κ1) is 15.9. The van der Waals surface area contributed by atoms with Crippen molar-refractivity contribution in [3.05, 3.63) is 29.8 Å². The van der Waals surface area contributed by atoms with E-state index in [-0.39, 0.29) is 22.6 Å². The zero-order valence-electron chi connectivity index (χ0n) is 11.8. The fraction of sp³-hybridized carbons (Fsp3) is 0.500. The van der Waals surface area contributed by atoms with Crippen molar-refractivity contribution < 1.29 is 13.2 Å². The maximum Gasteiger partial charge on any atom is 0.240 e. The lowest BCUT2D eigenvalue weighted by Gasteiger charge is -2.12. The van der Waals surface area contributed by atoms with E-state index in [0.29, 0.717) is 5.56 Å². The third kappa shape index (κ3) is 4.14. The van der Waals surface area contributed by atoms with Crippen LogP contribution >= 0.6 is 0 Å². The molecule has 0 radical (unpaired) electrons. The highest BCUT2D eigenvalue weighted by molar-refractivity contribution is 7.89. The van der Waals surface area contributed by atoms with E-state index in [1.165, 1.54) is 12.1 Å². The van der Waals surface area contributed by atoms with E-state index in [2.05, 4.69) is 4.72 Å². The van der Waals surface area contributed by atoms with Gasteiger partial charge in [0.1, 0.15) is 0 Å². The number of hydrogen-bond acceptors (Lipinski definition) is 3. The monoisotopic (exact) mass is 283 g/mol. The van der Waals surface area contributed by atoms with Crippen LogP contribution in [0.15, 0.2) is 29.2 Å². The summed E-state index contributed by atoms with van der Waals surface area (Å²) in [5, 5.41) is 0. The fourth-order valence-electron chi connectivity index (χ4n) is 1.55. The van der Waals surface area contributed by atoms with Gasteiger partial charge < -0.3 is 0 Å². The zero-order valence-corrected chi connectivity index (χ0v) is 12.6. The summed E-state index contributed by atoms with van der Waals surface area (Å²) in [5.74, 6) is -0.0838. The molecule has 19 heavy (non-hydrogen) atoms. The third-order valence-electron chi connectivity index (χ3n) is 2.94. The number of rotatable bonds is 6. The smallest absolute Gasteiger partial charge is 0.240 e. The van der Waals surface area contributed by atoms with Crippen molar-refractivity contribution in [1.82, 2.24) is 4.72 Å². The van der Waals surface area contributed by atoms with Crippen LogP contribution in [0.4, 0.5) is 0 Å². The molecule has 1 rings (SSSR count). The van der Waals surface area contributed by atoms with Gasteiger partial charge in [-0.3, -0.25) is 4.79 Å². The summed E-state index contributed by atoms with van der Waals surface area (Å²) in [7, 11) is -3.50. The van der Waals surface area contributed by atoms with Crippen LogP contribution in [-0.2, 0) is 10.0 Å². The molecule has 1 unspecified atom stereocenters. The second-order valence-corrected chi connectivity index (χ2v) is 6.69. The molecule has 0 aliphatic rings. The standard InChI is InChI=1S/C14H21NO3S/c1-5-11(4)15-19(17,18)13-8-6-12(7-9-13)14(16)10(2)3/h6-11,15H,5H2,1-4H3. The first-order valence-corrected chi connectivity index (χ1v) is 7.92. The van der Waals surface area contributed by atoms with Crippen LogP contribution in [0, 0.1) is 5.92 Å². The summed E-state index contributed by atoms with van der Waals surface area (Å²) in [6, 6.07) is 5.96. The number of sulfonamides is 1. The summed E-state index contributed by atoms with van der Waals surface area (Å²) in [6.07, 6.45) is 0.725. The molecule has 0 bridgehead atoms. The normalized spacial score (nSPS) is 13.5. The van der Waals surface area contributed by atoms with E-state index in [1.807, 2.05) is 27.7 Å². The quantitative estimate of drug-likeness (QED) is 0.816. The zero-order chi connectivity index (χ0) is 14.6. The largest absolute Gasteiger partial charge is 0.294 e. The fourth-order valence-corrected chi connectivity index (χ4v) is 2.87. The van der Waals surface area contributed by atoms with Crippen LogP contribution in [0.25, 0.3) is 0 Å². The van der Waals surface area contributed by atoms with Crippen LogP contribution in [-0.4, -0.2) is 20.2 Å². The van der Waals surface area contributed by atoms with Gasteiger partial charge in [0.05, 0.1) is 4.90 Å². The molecule has 0 saturated carbocycles. The van der Waals surface area contributed by atoms with Crippen molar-refractivity contribution in [3.63, 3.8) is 0 Å². The lowest BCUT2D eigenvalue weighted by Crippen LogP contribution is -2.32. The number of nitrogens with one attached hydrogen (secondary N) is 1. The van der Waals surface area contributed by atoms with Crippen LogP contribution in [0.5, 0.6) is 0 Å². The van der Waals surface area contributed by atoms with Gasteiger partial charge in [-0.15, -0.1) is 0 Å². The molecule has 0 fully saturated rings. The Kier molecular flexibility index (Phi) is 5.26. The summed E-state index contributed by atoms with van der Waals surface area (Å²) >= 11 is 0. The Labute approximate surface area is 115 Å². The van der Waals surface area contributed by atoms with Crippen molar-refractivity contribution >= 4 is 15.8 Å². The Morgan fingerprint density at radius 3 is 2.11 bits per heavy atom. The molecular weight excluding hydrogens is 262 g/mol. The highest BCUT2D eigenvalue weighted by Gasteiger charge is 2.17. The first-order chi connectivity index (χ1) is 8.77. The Balaban J connectivity index is 2.96. The van der Waals surface area contributed by atoms with E-state index in [4.69, 9.17) is 0 Å². The van der Waals surface area contributed by atoms with Crippen LogP contribution in [0.2, 0.25) is 0 Å². The summed E-state index contributed by atoms with van der Waals surface area (Å²) < 4.78 is 26.6. The van der Waals surface area contributed by atoms with Crippen LogP contribution in [0.3, 0.4) is 0 Å². The number of benzene rings is 1. The summed E-state index contributed by atoms with van der Waals surface area (Å²) in [6.45, 7) is 7.36. The van der Waals surface area contributed by atoms with Gasteiger partial charge in [0.25, 0.3) is 0 Å². The molecule has 1 N–H and O–H groups in total. The lowest BCUT2D eigenvalue weighted by atomic mass is 10.0. The van der Waals surface area contributed by atoms with E-state index in [0.717, 1.165) is 6.42 Å². The Morgan fingerprint density at radius 2 is 1.68 bits per heavy atom. The Bertz CT molecular complexity index is 532. The van der Waals surface area contributed by atoms with Gasteiger partial charge >= 0.3 is 0 Å². The summed E-state index contributed by atoms with van der Waals surface area (Å²) in [5.41, 5.74) is 0.539. The van der Waals surface area contributed by atoms with E-state index >= 15 is 0 Å². The molecule has 5 heteroatoms. The SMILES string of the molecule is CCC(C)NS(=O)(=O)c1ccc(C(=O)C(C)C)cc1. The number of ketones is 1. The maximum absolute atomic E-state index is 12.0. The number of hydrogen-bond donors (Lipinski definition) is 1. The molecule has 4 nitrogen and oxygen atoms in total. The molecular formula is C14H21NO3S. The minimum absolute atomic E-state index is 0.0128. The number of carbonyl (C=O) groups excluding carboxylic acids is 1. The Morgan fingerprint density at radius 1 is 1.16 bits per heavy atom. The molecule has 0 heterocycles. The van der Waals surface area contributed by atoms with E-state index < -0.39 is 10.0 Å². The number of Topliss-reactive ketones (excluding diaryl/α,β-unsaturated/α-hetero) is 1. The number of carbonyl (C=O) groups is 1. The molecule has 0 saturated heterocycles. The molecule has 1 aromatic rings. The molecule has 1 atom stereocenters. The lowest BCUT2D eigenvalue weighted by molar-refractivity contribution is 0.0939. The molecule has 0 aliphatic heterocycles. The van der Waals surface area contributed by atoms with E-state index in [9.17, 15) is 13.2 Å². The summed E-state index contributed by atoms with van der Waals surface area (Å²) in [4.78, 5) is 12.0. The topological polar surface area (TPSA) is 63.2 Å². The van der Waals surface area contributed by atoms with Gasteiger partial charge in [-0.1, -0.05) is 32.9 Å². The maximum atomic E-state index is 12.0. The van der Waals surface area contributed by atoms with Gasteiger partial charge in [0.2, 0.25) is 10.0 Å². The average molecular weight is 283 g/mol. The van der Waals surface area contributed by atoms with Crippen molar-refractivity contribution in [2.45, 2.75) is 45.1 Å². The third-order valence-corrected chi connectivity index (χ3v) is 4.55. The molecule has 0 aliphatic carbocycles. The molecule has 0 amide bonds. The highest BCUT2D eigenvalue weighted by Crippen LogP contribution is 2.14. The van der Waals surface area contributed by atoms with Crippen molar-refractivity contribution in [1.29, 1.82) is 0 Å². The van der Waals surface area contributed by atoms with Crippen molar-refractivity contribution in [3.8, 4) is 0 Å².